The molecule has 11 heteroatoms. The topological polar surface area (TPSA) is 88.2 Å². The summed E-state index contributed by atoms with van der Waals surface area (Å²) < 4.78 is 36.0. The van der Waals surface area contributed by atoms with Gasteiger partial charge < -0.3 is 35.1 Å². The van der Waals surface area contributed by atoms with E-state index < -0.39 is 11.6 Å². The van der Waals surface area contributed by atoms with Gasteiger partial charge in [0.15, 0.2) is 17.4 Å². The van der Waals surface area contributed by atoms with E-state index in [-0.39, 0.29) is 40.7 Å². The van der Waals surface area contributed by atoms with Crippen LogP contribution in [-0.4, -0.2) is 79.0 Å². The molecule has 40 heavy (non-hydrogen) atoms. The highest BCUT2D eigenvalue weighted by atomic mass is 19.1. The summed E-state index contributed by atoms with van der Waals surface area (Å²) in [5, 5.41) is 6.30. The first-order valence-electron chi connectivity index (χ1n) is 13.7. The highest BCUT2D eigenvalue weighted by Gasteiger charge is 2.33. The van der Waals surface area contributed by atoms with Crippen LogP contribution < -0.4 is 20.3 Å². The molecule has 0 bridgehead atoms. The number of amidine groups is 1. The molecule has 0 atom stereocenters. The Morgan fingerprint density at radius 3 is 2.50 bits per heavy atom. The van der Waals surface area contributed by atoms with E-state index in [1.807, 2.05) is 12.1 Å². The molecule has 9 nitrogen and oxygen atoms in total. The Bertz CT molecular complexity index is 1490. The minimum absolute atomic E-state index is 0.0322. The summed E-state index contributed by atoms with van der Waals surface area (Å²) in [4.78, 5) is 27.3. The van der Waals surface area contributed by atoms with E-state index in [1.165, 1.54) is 6.07 Å². The number of aromatic amines is 1. The number of hydrogen-bond acceptors (Lipinski definition) is 7. The van der Waals surface area contributed by atoms with Crippen molar-refractivity contribution in [3.8, 4) is 5.75 Å². The van der Waals surface area contributed by atoms with Gasteiger partial charge in [-0.05, 0) is 50.2 Å². The van der Waals surface area contributed by atoms with Crippen molar-refractivity contribution in [2.24, 2.45) is 4.99 Å². The van der Waals surface area contributed by atoms with E-state index in [1.54, 1.807) is 11.8 Å². The zero-order chi connectivity index (χ0) is 27.8. The molecule has 3 aromatic rings. The fourth-order valence-electron chi connectivity index (χ4n) is 5.26. The van der Waals surface area contributed by atoms with Crippen LogP contribution in [0.5, 0.6) is 5.75 Å². The number of benzene rings is 2. The summed E-state index contributed by atoms with van der Waals surface area (Å²) in [6.45, 7) is 10.3. The van der Waals surface area contributed by atoms with Crippen LogP contribution in [0.25, 0.3) is 10.9 Å². The molecule has 2 fully saturated rings. The third-order valence-corrected chi connectivity index (χ3v) is 7.73. The van der Waals surface area contributed by atoms with Crippen LogP contribution in [0.2, 0.25) is 0 Å². The number of nitrogens with zero attached hydrogens (tertiary/aromatic N) is 4. The zero-order valence-corrected chi connectivity index (χ0v) is 22.7. The molecule has 0 saturated carbocycles. The van der Waals surface area contributed by atoms with Crippen molar-refractivity contribution in [1.29, 1.82) is 0 Å². The van der Waals surface area contributed by atoms with Crippen molar-refractivity contribution < 1.29 is 18.3 Å². The van der Waals surface area contributed by atoms with Crippen molar-refractivity contribution in [3.63, 3.8) is 0 Å². The summed E-state index contributed by atoms with van der Waals surface area (Å²) in [5.41, 5.74) is 2.74. The number of likely N-dealkylation sites (N-methyl/N-ethyl adjacent to an activating group) is 1. The number of aromatic nitrogens is 1. The number of aliphatic imine (C=N–C) groups is 1. The quantitative estimate of drug-likeness (QED) is 0.434. The van der Waals surface area contributed by atoms with Crippen LogP contribution in [0.1, 0.15) is 19.0 Å². The lowest BCUT2D eigenvalue weighted by atomic mass is 10.1. The van der Waals surface area contributed by atoms with Gasteiger partial charge in [-0.3, -0.25) is 4.79 Å². The monoisotopic (exact) mass is 549 g/mol. The Morgan fingerprint density at radius 2 is 1.82 bits per heavy atom. The van der Waals surface area contributed by atoms with E-state index in [0.29, 0.717) is 24.6 Å². The Morgan fingerprint density at radius 1 is 1.07 bits per heavy atom. The van der Waals surface area contributed by atoms with E-state index in [0.717, 1.165) is 56.6 Å². The lowest BCUT2D eigenvalue weighted by Crippen LogP contribution is -2.47. The maximum Gasteiger partial charge on any atom is 0.263 e. The van der Waals surface area contributed by atoms with Gasteiger partial charge in [-0.25, -0.2) is 13.8 Å². The highest BCUT2D eigenvalue weighted by Crippen LogP contribution is 2.32. The number of hydrogen-bond donors (Lipinski definition) is 3. The van der Waals surface area contributed by atoms with Crippen LogP contribution >= 0.6 is 0 Å². The van der Waals surface area contributed by atoms with Gasteiger partial charge in [0.2, 0.25) is 5.88 Å². The van der Waals surface area contributed by atoms with Gasteiger partial charge in [0.1, 0.15) is 18.1 Å². The molecule has 6 rings (SSSR count). The Hall–Kier alpha value is -4.12. The number of ether oxygens (including phenoxy) is 1. The number of rotatable bonds is 6. The number of likely N-dealkylation sites (tertiary alicyclic amines) is 1. The van der Waals surface area contributed by atoms with Gasteiger partial charge in [0.25, 0.3) is 5.91 Å². The number of amides is 1. The van der Waals surface area contributed by atoms with E-state index in [9.17, 15) is 9.18 Å². The maximum absolute atomic E-state index is 15.3. The molecule has 1 aromatic heterocycles. The second kappa shape index (κ2) is 10.8. The summed E-state index contributed by atoms with van der Waals surface area (Å²) in [6, 6.07) is 10.5. The number of aryl methyl sites for hydroxylation is 1. The summed E-state index contributed by atoms with van der Waals surface area (Å²) in [6.07, 6.45) is 0.903. The summed E-state index contributed by atoms with van der Waals surface area (Å²) >= 11 is 0. The molecule has 1 amide bonds. The second-order valence-electron chi connectivity index (χ2n) is 10.3. The Balaban J connectivity index is 1.27. The molecular weight excluding hydrogens is 516 g/mol. The molecule has 2 saturated heterocycles. The summed E-state index contributed by atoms with van der Waals surface area (Å²) in [5.74, 6) is -1.61. The first-order chi connectivity index (χ1) is 19.4. The summed E-state index contributed by atoms with van der Waals surface area (Å²) in [7, 11) is 0. The minimum atomic E-state index is -0.710. The number of piperazine rings is 1. The number of anilines is 2. The SMILES string of the molecule is CCN1CCN(c2ccc(NC3=NCNC(Oc4cc(F)c5[nH]c(C)cc5c4F)=C3C(=O)N3CCC3)cc2)CC1. The van der Waals surface area contributed by atoms with Crippen molar-refractivity contribution in [3.05, 3.63) is 65.2 Å². The van der Waals surface area contributed by atoms with E-state index in [4.69, 9.17) is 4.74 Å². The Labute approximate surface area is 231 Å². The van der Waals surface area contributed by atoms with Crippen LogP contribution in [0.3, 0.4) is 0 Å². The predicted molar refractivity (Wildman–Crippen MR) is 152 cm³/mol. The zero-order valence-electron chi connectivity index (χ0n) is 22.7. The van der Waals surface area contributed by atoms with Crippen LogP contribution in [0.15, 0.2) is 52.8 Å². The standard InChI is InChI=1S/C29H33F2N7O2/c1-3-36-11-13-37(14-12-36)20-7-5-19(6-8-20)35-27-24(29(39)38-9-4-10-38)28(33-17-32-27)40-23-16-22(30)26-21(25(23)31)15-18(2)34-26/h5-8,15-16,33-34H,3-4,9-14,17H2,1-2H3,(H,32,35). The van der Waals surface area contributed by atoms with Crippen LogP contribution in [0.4, 0.5) is 20.2 Å². The molecular formula is C29H33F2N7O2. The van der Waals surface area contributed by atoms with Crippen molar-refractivity contribution >= 4 is 34.0 Å². The molecule has 2 aromatic carbocycles. The average Bonchev–Trinajstić information content (AvgIpc) is 3.34. The normalized spacial score (nSPS) is 17.9. The van der Waals surface area contributed by atoms with E-state index in [2.05, 4.69) is 49.5 Å². The number of fused-ring (bicyclic) bond motifs is 1. The molecule has 3 aliphatic rings. The molecule has 0 unspecified atom stereocenters. The fourth-order valence-corrected chi connectivity index (χ4v) is 5.26. The molecule has 4 heterocycles. The van der Waals surface area contributed by atoms with Crippen molar-refractivity contribution in [2.75, 3.05) is 62.7 Å². The predicted octanol–water partition coefficient (Wildman–Crippen LogP) is 3.79. The van der Waals surface area contributed by atoms with Crippen molar-refractivity contribution in [2.45, 2.75) is 20.3 Å². The highest BCUT2D eigenvalue weighted by molar-refractivity contribution is 6.26. The molecule has 0 spiro atoms. The Kier molecular flexibility index (Phi) is 7.05. The van der Waals surface area contributed by atoms with Gasteiger partial charge in [0, 0.05) is 67.8 Å². The largest absolute Gasteiger partial charge is 0.437 e. The average molecular weight is 550 g/mol. The molecule has 3 N–H and O–H groups in total. The first-order valence-corrected chi connectivity index (χ1v) is 13.7. The second-order valence-corrected chi connectivity index (χ2v) is 10.3. The molecule has 3 aliphatic heterocycles. The fraction of sp³-hybridized carbons (Fsp3) is 0.379. The van der Waals surface area contributed by atoms with Crippen LogP contribution in [0, 0.1) is 18.6 Å². The number of halogens is 2. The van der Waals surface area contributed by atoms with Gasteiger partial charge in [-0.1, -0.05) is 6.92 Å². The molecule has 210 valence electrons. The smallest absolute Gasteiger partial charge is 0.263 e. The molecule has 0 radical (unpaired) electrons. The number of carbonyl (C=O) groups is 1. The third-order valence-electron chi connectivity index (χ3n) is 7.73. The lowest BCUT2D eigenvalue weighted by Gasteiger charge is -2.35. The van der Waals surface area contributed by atoms with Gasteiger partial charge in [-0.2, -0.15) is 0 Å². The minimum Gasteiger partial charge on any atom is -0.437 e. The van der Waals surface area contributed by atoms with Crippen LogP contribution in [-0.2, 0) is 4.79 Å². The van der Waals surface area contributed by atoms with Gasteiger partial charge in [-0.15, -0.1) is 0 Å². The lowest BCUT2D eigenvalue weighted by molar-refractivity contribution is -0.130. The third kappa shape index (κ3) is 4.97. The maximum atomic E-state index is 15.3. The van der Waals surface area contributed by atoms with Crippen molar-refractivity contribution in [1.82, 2.24) is 20.1 Å². The van der Waals surface area contributed by atoms with Gasteiger partial charge in [0.05, 0.1) is 5.52 Å². The number of H-pyrrole nitrogens is 1. The number of carbonyl (C=O) groups excluding carboxylic acids is 1. The molecule has 0 aliphatic carbocycles. The van der Waals surface area contributed by atoms with Gasteiger partial charge >= 0.3 is 0 Å². The first kappa shape index (κ1) is 26.1. The number of nitrogens with one attached hydrogen (secondary N) is 3. The van der Waals surface area contributed by atoms with E-state index >= 15 is 4.39 Å².